The Morgan fingerprint density at radius 3 is 2.67 bits per heavy atom. The van der Waals surface area contributed by atoms with Gasteiger partial charge in [-0.2, -0.15) is 0 Å². The minimum absolute atomic E-state index is 0.0223. The predicted molar refractivity (Wildman–Crippen MR) is 98.5 cm³/mol. The molecule has 0 saturated heterocycles. The van der Waals surface area contributed by atoms with Crippen molar-refractivity contribution in [1.82, 2.24) is 20.2 Å². The van der Waals surface area contributed by atoms with Crippen LogP contribution in [-0.2, 0) is 22.6 Å². The summed E-state index contributed by atoms with van der Waals surface area (Å²) in [7, 11) is 0. The summed E-state index contributed by atoms with van der Waals surface area (Å²) in [5.74, 6) is -1.04. The molecule has 0 fully saturated rings. The first kappa shape index (κ1) is 18.3. The molecule has 3 aromatic rings. The highest BCUT2D eigenvalue weighted by Gasteiger charge is 2.09. The molecule has 27 heavy (non-hydrogen) atoms. The fourth-order valence-electron chi connectivity index (χ4n) is 2.64. The largest absolute Gasteiger partial charge is 0.350 e. The number of hydrogen-bond acceptors (Lipinski definition) is 3. The Balaban J connectivity index is 1.48. The van der Waals surface area contributed by atoms with Crippen molar-refractivity contribution in [3.63, 3.8) is 0 Å². The van der Waals surface area contributed by atoms with Gasteiger partial charge in [-0.3, -0.25) is 9.59 Å². The van der Waals surface area contributed by atoms with Crippen LogP contribution in [0.25, 0.3) is 5.69 Å². The molecule has 0 bridgehead atoms. The summed E-state index contributed by atoms with van der Waals surface area (Å²) < 4.78 is 15.0. The monoisotopic (exact) mass is 366 g/mol. The van der Waals surface area contributed by atoms with Crippen LogP contribution < -0.4 is 10.6 Å². The molecule has 0 aliphatic heterocycles. The molecule has 0 saturated carbocycles. The molecular formula is C20H19FN4O2. The van der Waals surface area contributed by atoms with Gasteiger partial charge in [0.25, 0.3) is 0 Å². The number of rotatable bonds is 7. The van der Waals surface area contributed by atoms with E-state index in [1.165, 1.54) is 12.1 Å². The number of nitrogens with one attached hydrogen (secondary N) is 2. The van der Waals surface area contributed by atoms with Crippen LogP contribution in [0.15, 0.2) is 67.3 Å². The minimum atomic E-state index is -0.394. The van der Waals surface area contributed by atoms with Crippen molar-refractivity contribution in [3.8, 4) is 5.69 Å². The van der Waals surface area contributed by atoms with E-state index in [1.54, 1.807) is 24.7 Å². The van der Waals surface area contributed by atoms with E-state index >= 15 is 0 Å². The molecule has 6 nitrogen and oxygen atoms in total. The van der Waals surface area contributed by atoms with Gasteiger partial charge in [0.15, 0.2) is 0 Å². The van der Waals surface area contributed by atoms with Gasteiger partial charge < -0.3 is 15.2 Å². The SMILES string of the molecule is O=C(CNC(=O)Cc1cccc(F)c1)NCc1ccccc1-n1ccnc1. The summed E-state index contributed by atoms with van der Waals surface area (Å²) in [4.78, 5) is 27.9. The normalized spacial score (nSPS) is 10.4. The Morgan fingerprint density at radius 1 is 1.04 bits per heavy atom. The topological polar surface area (TPSA) is 76.0 Å². The van der Waals surface area contributed by atoms with Crippen molar-refractivity contribution in [2.75, 3.05) is 6.54 Å². The van der Waals surface area contributed by atoms with E-state index in [2.05, 4.69) is 15.6 Å². The summed E-state index contributed by atoms with van der Waals surface area (Å²) in [6.45, 7) is 0.189. The fourth-order valence-corrected chi connectivity index (χ4v) is 2.64. The Kier molecular flexibility index (Phi) is 5.94. The highest BCUT2D eigenvalue weighted by Crippen LogP contribution is 2.13. The molecule has 0 radical (unpaired) electrons. The average molecular weight is 366 g/mol. The number of carbonyl (C=O) groups excluding carboxylic acids is 2. The molecule has 0 atom stereocenters. The molecule has 2 N–H and O–H groups in total. The molecular weight excluding hydrogens is 347 g/mol. The summed E-state index contributed by atoms with van der Waals surface area (Å²) >= 11 is 0. The number of benzene rings is 2. The second kappa shape index (κ2) is 8.75. The van der Waals surface area contributed by atoms with E-state index in [4.69, 9.17) is 0 Å². The van der Waals surface area contributed by atoms with Crippen molar-refractivity contribution < 1.29 is 14.0 Å². The Hall–Kier alpha value is -3.48. The van der Waals surface area contributed by atoms with Crippen molar-refractivity contribution in [3.05, 3.63) is 84.2 Å². The smallest absolute Gasteiger partial charge is 0.239 e. The standard InChI is InChI=1S/C20H19FN4O2/c21-17-6-3-4-15(10-17)11-19(26)24-13-20(27)23-12-16-5-1-2-7-18(16)25-9-8-22-14-25/h1-10,14H,11-13H2,(H,23,27)(H,24,26). The van der Waals surface area contributed by atoms with Gasteiger partial charge in [0.2, 0.25) is 11.8 Å². The maximum Gasteiger partial charge on any atom is 0.239 e. The summed E-state index contributed by atoms with van der Waals surface area (Å²) in [5.41, 5.74) is 2.41. The van der Waals surface area contributed by atoms with Crippen molar-refractivity contribution in [1.29, 1.82) is 0 Å². The molecule has 0 aliphatic carbocycles. The number of hydrogen-bond donors (Lipinski definition) is 2. The summed E-state index contributed by atoms with van der Waals surface area (Å²) in [6.07, 6.45) is 5.22. The Morgan fingerprint density at radius 2 is 1.89 bits per heavy atom. The zero-order valence-electron chi connectivity index (χ0n) is 14.6. The molecule has 3 rings (SSSR count). The number of nitrogens with zero attached hydrogens (tertiary/aromatic N) is 2. The van der Waals surface area contributed by atoms with Crippen LogP contribution in [-0.4, -0.2) is 27.9 Å². The van der Waals surface area contributed by atoms with E-state index in [-0.39, 0.29) is 24.8 Å². The molecule has 2 amide bonds. The first-order valence-corrected chi connectivity index (χ1v) is 8.46. The van der Waals surface area contributed by atoms with Crippen LogP contribution in [0.5, 0.6) is 0 Å². The third-order valence-electron chi connectivity index (χ3n) is 3.95. The van der Waals surface area contributed by atoms with Crippen LogP contribution in [0.4, 0.5) is 4.39 Å². The molecule has 0 unspecified atom stereocenters. The third-order valence-corrected chi connectivity index (χ3v) is 3.95. The van der Waals surface area contributed by atoms with Crippen molar-refractivity contribution >= 4 is 11.8 Å². The van der Waals surface area contributed by atoms with E-state index in [1.807, 2.05) is 35.0 Å². The van der Waals surface area contributed by atoms with Crippen molar-refractivity contribution in [2.24, 2.45) is 0 Å². The lowest BCUT2D eigenvalue weighted by Crippen LogP contribution is -2.37. The third kappa shape index (κ3) is 5.24. The van der Waals surface area contributed by atoms with Gasteiger partial charge in [-0.05, 0) is 29.3 Å². The van der Waals surface area contributed by atoms with E-state index < -0.39 is 5.82 Å². The maximum atomic E-state index is 13.1. The molecule has 7 heteroatoms. The van der Waals surface area contributed by atoms with Crippen LogP contribution in [0.2, 0.25) is 0 Å². The van der Waals surface area contributed by atoms with Gasteiger partial charge in [0.05, 0.1) is 25.0 Å². The Bertz CT molecular complexity index is 925. The van der Waals surface area contributed by atoms with E-state index in [0.717, 1.165) is 11.3 Å². The number of imidazole rings is 1. The van der Waals surface area contributed by atoms with Gasteiger partial charge in [0.1, 0.15) is 5.82 Å². The van der Waals surface area contributed by atoms with E-state index in [9.17, 15) is 14.0 Å². The first-order valence-electron chi connectivity index (χ1n) is 8.46. The fraction of sp³-hybridized carbons (Fsp3) is 0.150. The van der Waals surface area contributed by atoms with Crippen LogP contribution >= 0.6 is 0 Å². The number of amides is 2. The molecule has 1 aromatic heterocycles. The zero-order valence-corrected chi connectivity index (χ0v) is 14.6. The number of halogens is 1. The van der Waals surface area contributed by atoms with Gasteiger partial charge >= 0.3 is 0 Å². The minimum Gasteiger partial charge on any atom is -0.350 e. The summed E-state index contributed by atoms with van der Waals surface area (Å²) in [5, 5.41) is 5.32. The van der Waals surface area contributed by atoms with Gasteiger partial charge in [0, 0.05) is 18.9 Å². The molecule has 2 aromatic carbocycles. The summed E-state index contributed by atoms with van der Waals surface area (Å²) in [6, 6.07) is 13.5. The average Bonchev–Trinajstić information content (AvgIpc) is 3.19. The second-order valence-corrected chi connectivity index (χ2v) is 5.96. The lowest BCUT2D eigenvalue weighted by atomic mass is 10.1. The number of aromatic nitrogens is 2. The van der Waals surface area contributed by atoms with Crippen LogP contribution in [0.1, 0.15) is 11.1 Å². The molecule has 138 valence electrons. The molecule has 1 heterocycles. The highest BCUT2D eigenvalue weighted by molar-refractivity contribution is 5.85. The van der Waals surface area contributed by atoms with E-state index in [0.29, 0.717) is 12.1 Å². The zero-order chi connectivity index (χ0) is 19.1. The van der Waals surface area contributed by atoms with Crippen LogP contribution in [0, 0.1) is 5.82 Å². The van der Waals surface area contributed by atoms with Crippen LogP contribution in [0.3, 0.4) is 0 Å². The highest BCUT2D eigenvalue weighted by atomic mass is 19.1. The van der Waals surface area contributed by atoms with Gasteiger partial charge in [-0.25, -0.2) is 9.37 Å². The quantitative estimate of drug-likeness (QED) is 0.671. The maximum absolute atomic E-state index is 13.1. The van der Waals surface area contributed by atoms with Crippen molar-refractivity contribution in [2.45, 2.75) is 13.0 Å². The van der Waals surface area contributed by atoms with Gasteiger partial charge in [-0.1, -0.05) is 30.3 Å². The predicted octanol–water partition coefficient (Wildman–Crippen LogP) is 1.99. The Labute approximate surface area is 156 Å². The number of carbonyl (C=O) groups is 2. The molecule has 0 spiro atoms. The van der Waals surface area contributed by atoms with Gasteiger partial charge in [-0.15, -0.1) is 0 Å². The first-order chi connectivity index (χ1) is 13.1. The lowest BCUT2D eigenvalue weighted by Gasteiger charge is -2.11. The lowest BCUT2D eigenvalue weighted by molar-refractivity contribution is -0.125. The number of para-hydroxylation sites is 1. The molecule has 0 aliphatic rings. The second-order valence-electron chi connectivity index (χ2n) is 5.96.